The highest BCUT2D eigenvalue weighted by atomic mass is 16.2. The lowest BCUT2D eigenvalue weighted by atomic mass is 9.73. The van der Waals surface area contributed by atoms with E-state index < -0.39 is 0 Å². The van der Waals surface area contributed by atoms with Crippen LogP contribution in [0.25, 0.3) is 0 Å². The summed E-state index contributed by atoms with van der Waals surface area (Å²) in [6, 6.07) is 6.56. The minimum atomic E-state index is -0.155. The Hall–Kier alpha value is -1.90. The van der Waals surface area contributed by atoms with Crippen LogP contribution in [0.1, 0.15) is 75.6 Å². The first-order chi connectivity index (χ1) is 12.1. The summed E-state index contributed by atoms with van der Waals surface area (Å²) in [5.74, 6) is -0.311. The van der Waals surface area contributed by atoms with Crippen LogP contribution in [0, 0.1) is 5.41 Å². The SMILES string of the molecule is CCCc1ccc2c(c1)CC(CCC)(CCC)[C@@H]2N1C(=O)C=CC1=O. The fraction of sp³-hybridized carbons (Fsp3) is 0.545. The van der Waals surface area contributed by atoms with Gasteiger partial charge in [0.15, 0.2) is 0 Å². The van der Waals surface area contributed by atoms with E-state index in [2.05, 4.69) is 39.0 Å². The van der Waals surface area contributed by atoms with Crippen molar-refractivity contribution in [1.29, 1.82) is 0 Å². The van der Waals surface area contributed by atoms with E-state index in [0.717, 1.165) is 44.9 Å². The van der Waals surface area contributed by atoms with E-state index in [1.165, 1.54) is 33.7 Å². The maximum Gasteiger partial charge on any atom is 0.254 e. The van der Waals surface area contributed by atoms with Gasteiger partial charge >= 0.3 is 0 Å². The molecule has 0 bridgehead atoms. The van der Waals surface area contributed by atoms with Crippen molar-refractivity contribution in [1.82, 2.24) is 4.90 Å². The maximum absolute atomic E-state index is 12.5. The number of hydrogen-bond acceptors (Lipinski definition) is 2. The van der Waals surface area contributed by atoms with Gasteiger partial charge in [-0.05, 0) is 47.8 Å². The van der Waals surface area contributed by atoms with E-state index in [-0.39, 0.29) is 23.3 Å². The van der Waals surface area contributed by atoms with Crippen LogP contribution in [0.4, 0.5) is 0 Å². The Kier molecular flexibility index (Phi) is 5.12. The van der Waals surface area contributed by atoms with Crippen molar-refractivity contribution in [2.45, 2.75) is 71.8 Å². The van der Waals surface area contributed by atoms with Crippen LogP contribution in [0.5, 0.6) is 0 Å². The number of nitrogens with zero attached hydrogens (tertiary/aromatic N) is 1. The molecule has 25 heavy (non-hydrogen) atoms. The molecule has 2 aliphatic rings. The zero-order chi connectivity index (χ0) is 18.0. The third kappa shape index (κ3) is 3.05. The predicted molar refractivity (Wildman–Crippen MR) is 100 cm³/mol. The molecule has 1 heterocycles. The summed E-state index contributed by atoms with van der Waals surface area (Å²) in [7, 11) is 0. The second-order valence-electron chi connectivity index (χ2n) is 7.60. The number of imide groups is 1. The summed E-state index contributed by atoms with van der Waals surface area (Å²) in [4.78, 5) is 26.5. The molecule has 1 aromatic rings. The van der Waals surface area contributed by atoms with Gasteiger partial charge in [-0.3, -0.25) is 14.5 Å². The van der Waals surface area contributed by atoms with Crippen LogP contribution in [-0.2, 0) is 22.4 Å². The lowest BCUT2D eigenvalue weighted by Gasteiger charge is -2.40. The zero-order valence-electron chi connectivity index (χ0n) is 15.7. The molecule has 0 aromatic heterocycles. The molecule has 0 radical (unpaired) electrons. The molecule has 0 spiro atoms. The molecule has 1 aliphatic carbocycles. The van der Waals surface area contributed by atoms with Crippen molar-refractivity contribution < 1.29 is 9.59 Å². The van der Waals surface area contributed by atoms with E-state index in [9.17, 15) is 9.59 Å². The molecule has 0 fully saturated rings. The average Bonchev–Trinajstić information content (AvgIpc) is 3.05. The van der Waals surface area contributed by atoms with Crippen molar-refractivity contribution in [2.24, 2.45) is 5.41 Å². The normalized spacial score (nSPS) is 21.2. The van der Waals surface area contributed by atoms with Gasteiger partial charge < -0.3 is 0 Å². The molecule has 3 heteroatoms. The van der Waals surface area contributed by atoms with Crippen LogP contribution >= 0.6 is 0 Å². The molecule has 1 atom stereocenters. The number of aryl methyl sites for hydroxylation is 1. The highest BCUT2D eigenvalue weighted by Gasteiger charge is 2.50. The fourth-order valence-corrected chi connectivity index (χ4v) is 4.98. The monoisotopic (exact) mass is 339 g/mol. The molecular formula is C22H29NO2. The zero-order valence-corrected chi connectivity index (χ0v) is 15.7. The van der Waals surface area contributed by atoms with Gasteiger partial charge in [0.05, 0.1) is 6.04 Å². The van der Waals surface area contributed by atoms with Gasteiger partial charge in [0.1, 0.15) is 0 Å². The number of amides is 2. The van der Waals surface area contributed by atoms with Gasteiger partial charge in [-0.1, -0.05) is 58.2 Å². The minimum absolute atomic E-state index is 0.0198. The van der Waals surface area contributed by atoms with Gasteiger partial charge in [-0.2, -0.15) is 0 Å². The smallest absolute Gasteiger partial charge is 0.254 e. The summed E-state index contributed by atoms with van der Waals surface area (Å²) >= 11 is 0. The number of rotatable bonds is 7. The van der Waals surface area contributed by atoms with Crippen molar-refractivity contribution in [3.05, 3.63) is 47.0 Å². The first-order valence-electron chi connectivity index (χ1n) is 9.73. The lowest BCUT2D eigenvalue weighted by molar-refractivity contribution is -0.143. The van der Waals surface area contributed by atoms with Crippen LogP contribution < -0.4 is 0 Å². The first kappa shape index (κ1) is 17.9. The van der Waals surface area contributed by atoms with Crippen molar-refractivity contribution in [2.75, 3.05) is 0 Å². The van der Waals surface area contributed by atoms with Gasteiger partial charge in [0, 0.05) is 12.2 Å². The molecular weight excluding hydrogens is 310 g/mol. The van der Waals surface area contributed by atoms with E-state index in [4.69, 9.17) is 0 Å². The average molecular weight is 339 g/mol. The second-order valence-corrected chi connectivity index (χ2v) is 7.60. The van der Waals surface area contributed by atoms with Gasteiger partial charge in [-0.15, -0.1) is 0 Å². The predicted octanol–water partition coefficient (Wildman–Crippen LogP) is 4.75. The molecule has 0 N–H and O–H groups in total. The van der Waals surface area contributed by atoms with Crippen molar-refractivity contribution >= 4 is 11.8 Å². The van der Waals surface area contributed by atoms with Crippen LogP contribution in [0.3, 0.4) is 0 Å². The Morgan fingerprint density at radius 2 is 1.64 bits per heavy atom. The number of carbonyl (C=O) groups excluding carboxylic acids is 2. The summed E-state index contributed by atoms with van der Waals surface area (Å²) in [6.07, 6.45) is 10.2. The topological polar surface area (TPSA) is 37.4 Å². The molecule has 1 aromatic carbocycles. The van der Waals surface area contributed by atoms with Gasteiger partial charge in [-0.25, -0.2) is 0 Å². The molecule has 2 amide bonds. The fourth-order valence-electron chi connectivity index (χ4n) is 4.98. The van der Waals surface area contributed by atoms with E-state index in [1.54, 1.807) is 0 Å². The lowest BCUT2D eigenvalue weighted by Crippen LogP contribution is -2.42. The summed E-state index contributed by atoms with van der Waals surface area (Å²) < 4.78 is 0. The van der Waals surface area contributed by atoms with Gasteiger partial charge in [0.2, 0.25) is 0 Å². The van der Waals surface area contributed by atoms with E-state index >= 15 is 0 Å². The number of fused-ring (bicyclic) bond motifs is 1. The summed E-state index contributed by atoms with van der Waals surface area (Å²) in [5.41, 5.74) is 3.87. The van der Waals surface area contributed by atoms with Crippen molar-refractivity contribution in [3.8, 4) is 0 Å². The molecule has 3 rings (SSSR count). The van der Waals surface area contributed by atoms with Crippen molar-refractivity contribution in [3.63, 3.8) is 0 Å². The molecule has 3 nitrogen and oxygen atoms in total. The Labute approximate surface area is 151 Å². The highest BCUT2D eigenvalue weighted by molar-refractivity contribution is 6.13. The quantitative estimate of drug-likeness (QED) is 0.672. The molecule has 0 saturated carbocycles. The molecule has 134 valence electrons. The second kappa shape index (κ2) is 7.15. The number of carbonyl (C=O) groups is 2. The van der Waals surface area contributed by atoms with E-state index in [0.29, 0.717) is 0 Å². The third-order valence-electron chi connectivity index (χ3n) is 5.76. The van der Waals surface area contributed by atoms with Crippen LogP contribution in [0.15, 0.2) is 30.4 Å². The van der Waals surface area contributed by atoms with E-state index in [1.807, 2.05) is 0 Å². The van der Waals surface area contributed by atoms with Crippen LogP contribution in [-0.4, -0.2) is 16.7 Å². The largest absolute Gasteiger partial charge is 0.269 e. The summed E-state index contributed by atoms with van der Waals surface area (Å²) in [5, 5.41) is 0. The Morgan fingerprint density at radius 1 is 1.00 bits per heavy atom. The molecule has 0 unspecified atom stereocenters. The summed E-state index contributed by atoms with van der Waals surface area (Å²) in [6.45, 7) is 6.60. The molecule has 0 saturated heterocycles. The highest BCUT2D eigenvalue weighted by Crippen LogP contribution is 2.55. The minimum Gasteiger partial charge on any atom is -0.269 e. The Bertz CT molecular complexity index is 680. The van der Waals surface area contributed by atoms with Crippen LogP contribution in [0.2, 0.25) is 0 Å². The Balaban J connectivity index is 2.09. The third-order valence-corrected chi connectivity index (χ3v) is 5.76. The Morgan fingerprint density at radius 3 is 2.20 bits per heavy atom. The standard InChI is InChI=1S/C22H29NO2/c1-4-7-16-8-9-18-17(14-16)15-22(12-5-2,13-6-3)21(18)23-19(24)10-11-20(23)25/h8-11,14,21H,4-7,12-13,15H2,1-3H3/t21-/m1/s1. The number of benzene rings is 1. The molecule has 1 aliphatic heterocycles. The van der Waals surface area contributed by atoms with Gasteiger partial charge in [0.25, 0.3) is 11.8 Å². The maximum atomic E-state index is 12.5. The number of hydrogen-bond donors (Lipinski definition) is 0. The first-order valence-corrected chi connectivity index (χ1v) is 9.73.